The second kappa shape index (κ2) is 10.8. The molecule has 1 aliphatic heterocycles. The number of thiazole rings is 1. The van der Waals surface area contributed by atoms with Crippen molar-refractivity contribution < 1.29 is 37.3 Å². The molecule has 3 aromatic rings. The smallest absolute Gasteiger partial charge is 0.419 e. The van der Waals surface area contributed by atoms with Crippen molar-refractivity contribution >= 4 is 17.4 Å². The summed E-state index contributed by atoms with van der Waals surface area (Å²) in [5.41, 5.74) is -2.71. The van der Waals surface area contributed by atoms with Gasteiger partial charge in [0.1, 0.15) is 27.8 Å². The molecular formula is C27H29F3N2O5S. The lowest BCUT2D eigenvalue weighted by Crippen LogP contribution is -2.51. The molecule has 1 aliphatic rings. The standard InChI is InChI=1S/C27H29F3N2O5S/c1-25(2)32(24(33)34)26(3,17-37-25)23-31-16-22(38-23)18-11-12-21(20(15-18)27(28,29)30)36-14-8-7-13-35-19-9-5-4-6-10-19/h4-6,9-12,15-16H,7-8,13-14,17H2,1-3H3,(H,33,34). The third-order valence-corrected chi connectivity index (χ3v) is 7.57. The highest BCUT2D eigenvalue weighted by Gasteiger charge is 2.54. The summed E-state index contributed by atoms with van der Waals surface area (Å²) in [5, 5.41) is 10.2. The van der Waals surface area contributed by atoms with E-state index in [4.69, 9.17) is 14.2 Å². The number of aromatic nitrogens is 1. The van der Waals surface area contributed by atoms with Gasteiger partial charge in [0, 0.05) is 6.20 Å². The van der Waals surface area contributed by atoms with Crippen LogP contribution < -0.4 is 9.47 Å². The summed E-state index contributed by atoms with van der Waals surface area (Å²) in [6.07, 6.45) is -3.17. The highest BCUT2D eigenvalue weighted by molar-refractivity contribution is 7.15. The Hall–Kier alpha value is -3.31. The average Bonchev–Trinajstić information content (AvgIpc) is 3.45. The van der Waals surface area contributed by atoms with Crippen molar-refractivity contribution in [2.75, 3.05) is 19.8 Å². The predicted octanol–water partition coefficient (Wildman–Crippen LogP) is 7.03. The lowest BCUT2D eigenvalue weighted by Gasteiger charge is -2.36. The summed E-state index contributed by atoms with van der Waals surface area (Å²) in [5.74, 6) is 0.494. The van der Waals surface area contributed by atoms with Gasteiger partial charge in [0.2, 0.25) is 0 Å². The van der Waals surface area contributed by atoms with Gasteiger partial charge in [-0.05, 0) is 69.5 Å². The van der Waals surface area contributed by atoms with E-state index in [1.54, 1.807) is 26.8 Å². The summed E-state index contributed by atoms with van der Waals surface area (Å²) in [4.78, 5) is 18.0. The topological polar surface area (TPSA) is 81.1 Å². The molecule has 4 rings (SSSR count). The van der Waals surface area contributed by atoms with E-state index < -0.39 is 29.1 Å². The van der Waals surface area contributed by atoms with Crippen molar-refractivity contribution in [3.63, 3.8) is 0 Å². The molecule has 1 unspecified atom stereocenters. The number of unbranched alkanes of at least 4 members (excludes halogenated alkanes) is 1. The minimum atomic E-state index is -4.62. The van der Waals surface area contributed by atoms with Crippen LogP contribution >= 0.6 is 11.3 Å². The van der Waals surface area contributed by atoms with Crippen LogP contribution in [-0.4, -0.2) is 46.6 Å². The fraction of sp³-hybridized carbons (Fsp3) is 0.407. The zero-order valence-electron chi connectivity index (χ0n) is 21.2. The molecule has 1 amide bonds. The zero-order chi connectivity index (χ0) is 27.6. The lowest BCUT2D eigenvalue weighted by molar-refractivity contribution is -0.138. The molecule has 0 spiro atoms. The van der Waals surface area contributed by atoms with Crippen LogP contribution in [0, 0.1) is 0 Å². The monoisotopic (exact) mass is 550 g/mol. The summed E-state index contributed by atoms with van der Waals surface area (Å²) in [6.45, 7) is 5.62. The first-order chi connectivity index (χ1) is 17.9. The van der Waals surface area contributed by atoms with E-state index >= 15 is 0 Å². The maximum atomic E-state index is 13.9. The molecule has 0 aliphatic carbocycles. The summed E-state index contributed by atoms with van der Waals surface area (Å²) >= 11 is 1.14. The fourth-order valence-electron chi connectivity index (χ4n) is 4.42. The molecule has 0 bridgehead atoms. The number of carboxylic acid groups (broad SMARTS) is 1. The number of rotatable bonds is 9. The summed E-state index contributed by atoms with van der Waals surface area (Å²) < 4.78 is 58.5. The number of carbonyl (C=O) groups is 1. The first-order valence-corrected chi connectivity index (χ1v) is 12.9. The number of nitrogens with zero attached hydrogens (tertiary/aromatic N) is 2. The highest BCUT2D eigenvalue weighted by atomic mass is 32.1. The first-order valence-electron chi connectivity index (χ1n) is 12.1. The number of halogens is 3. The SMILES string of the molecule is CC1(C)OCC(C)(c2ncc(-c3ccc(OCCCCOc4ccccc4)c(C(F)(F)F)c3)s2)N1C(=O)O. The van der Waals surface area contributed by atoms with Gasteiger partial charge in [0.05, 0.1) is 30.3 Å². The largest absolute Gasteiger partial charge is 0.494 e. The minimum Gasteiger partial charge on any atom is -0.494 e. The predicted molar refractivity (Wildman–Crippen MR) is 136 cm³/mol. The van der Waals surface area contributed by atoms with Crippen LogP contribution in [0.5, 0.6) is 11.5 Å². The number of hydrogen-bond donors (Lipinski definition) is 1. The molecule has 1 fully saturated rings. The summed E-state index contributed by atoms with van der Waals surface area (Å²) in [7, 11) is 0. The van der Waals surface area contributed by atoms with E-state index in [1.165, 1.54) is 17.2 Å². The van der Waals surface area contributed by atoms with Gasteiger partial charge in [-0.1, -0.05) is 18.2 Å². The van der Waals surface area contributed by atoms with Crippen molar-refractivity contribution in [2.24, 2.45) is 0 Å². The van der Waals surface area contributed by atoms with Crippen LogP contribution in [-0.2, 0) is 16.5 Å². The molecule has 11 heteroatoms. The lowest BCUT2D eigenvalue weighted by atomic mass is 10.0. The third kappa shape index (κ3) is 5.88. The van der Waals surface area contributed by atoms with Crippen LogP contribution in [0.3, 0.4) is 0 Å². The van der Waals surface area contributed by atoms with Crippen LogP contribution in [0.1, 0.15) is 44.2 Å². The van der Waals surface area contributed by atoms with Crippen molar-refractivity contribution in [3.8, 4) is 21.9 Å². The molecule has 1 saturated heterocycles. The number of ether oxygens (including phenoxy) is 3. The van der Waals surface area contributed by atoms with Crippen molar-refractivity contribution in [1.29, 1.82) is 0 Å². The van der Waals surface area contributed by atoms with Gasteiger partial charge in [-0.3, -0.25) is 4.90 Å². The average molecular weight is 551 g/mol. The second-order valence-corrected chi connectivity index (χ2v) is 10.6. The van der Waals surface area contributed by atoms with Crippen LogP contribution in [0.4, 0.5) is 18.0 Å². The molecule has 1 aromatic heterocycles. The molecule has 1 N–H and O–H groups in total. The van der Waals surface area contributed by atoms with Crippen LogP contribution in [0.2, 0.25) is 0 Å². The maximum absolute atomic E-state index is 13.9. The van der Waals surface area contributed by atoms with E-state index in [2.05, 4.69) is 4.98 Å². The van der Waals surface area contributed by atoms with Gasteiger partial charge in [-0.2, -0.15) is 13.2 Å². The number of amides is 1. The molecule has 0 saturated carbocycles. The second-order valence-electron chi connectivity index (χ2n) is 9.58. The van der Waals surface area contributed by atoms with Gasteiger partial charge in [-0.15, -0.1) is 11.3 Å². The molecule has 7 nitrogen and oxygen atoms in total. The Morgan fingerprint density at radius 1 is 1.11 bits per heavy atom. The zero-order valence-corrected chi connectivity index (χ0v) is 22.1. The first kappa shape index (κ1) is 27.7. The van der Waals surface area contributed by atoms with E-state index in [0.717, 1.165) is 23.2 Å². The van der Waals surface area contributed by atoms with Gasteiger partial charge >= 0.3 is 12.3 Å². The fourth-order valence-corrected chi connectivity index (χ4v) is 5.45. The molecule has 2 aromatic carbocycles. The van der Waals surface area contributed by atoms with E-state index in [0.29, 0.717) is 34.9 Å². The van der Waals surface area contributed by atoms with Crippen molar-refractivity contribution in [1.82, 2.24) is 9.88 Å². The van der Waals surface area contributed by atoms with Gasteiger partial charge in [0.15, 0.2) is 0 Å². The number of benzene rings is 2. The molecule has 204 valence electrons. The number of hydrogen-bond acceptors (Lipinski definition) is 6. The molecular weight excluding hydrogens is 521 g/mol. The van der Waals surface area contributed by atoms with Crippen molar-refractivity contribution in [3.05, 3.63) is 65.3 Å². The van der Waals surface area contributed by atoms with Gasteiger partial charge in [0.25, 0.3) is 0 Å². The van der Waals surface area contributed by atoms with Gasteiger partial charge < -0.3 is 19.3 Å². The number of alkyl halides is 3. The Bertz CT molecular complexity index is 1270. The van der Waals surface area contributed by atoms with Crippen LogP contribution in [0.15, 0.2) is 54.7 Å². The van der Waals surface area contributed by atoms with E-state index in [1.807, 2.05) is 30.3 Å². The van der Waals surface area contributed by atoms with E-state index in [-0.39, 0.29) is 19.0 Å². The quantitative estimate of drug-likeness (QED) is 0.288. The Morgan fingerprint density at radius 2 is 1.79 bits per heavy atom. The number of para-hydroxylation sites is 1. The normalized spacial score (nSPS) is 18.9. The van der Waals surface area contributed by atoms with Crippen molar-refractivity contribution in [2.45, 2.75) is 51.1 Å². The molecule has 2 heterocycles. The van der Waals surface area contributed by atoms with Gasteiger partial charge in [-0.25, -0.2) is 9.78 Å². The third-order valence-electron chi connectivity index (χ3n) is 6.27. The Morgan fingerprint density at radius 3 is 2.45 bits per heavy atom. The maximum Gasteiger partial charge on any atom is 0.419 e. The minimum absolute atomic E-state index is 0.0796. The van der Waals surface area contributed by atoms with Crippen LogP contribution in [0.25, 0.3) is 10.4 Å². The van der Waals surface area contributed by atoms with E-state index in [9.17, 15) is 23.1 Å². The molecule has 1 atom stereocenters. The Kier molecular flexibility index (Phi) is 7.89. The summed E-state index contributed by atoms with van der Waals surface area (Å²) in [6, 6.07) is 13.2. The molecule has 0 radical (unpaired) electrons. The highest BCUT2D eigenvalue weighted by Crippen LogP contribution is 2.45. The molecule has 38 heavy (non-hydrogen) atoms. The Labute approximate surface area is 222 Å². The Balaban J connectivity index is 1.45.